The first-order valence-corrected chi connectivity index (χ1v) is 18.6. The standard InChI is InChI=1S/C38H74O2/c1-4-6-8-10-12-14-16-18-20-21-22-23-25-27-29-31-33-35-37(3)38(39)40-36-34-32-30-28-26-24-19-17-15-13-11-9-7-5-2/h35H,4-34,36H2,1-3H3. The van der Waals surface area contributed by atoms with E-state index in [9.17, 15) is 4.79 Å². The zero-order valence-corrected chi connectivity index (χ0v) is 28.0. The molecular weight excluding hydrogens is 488 g/mol. The fourth-order valence-electron chi connectivity index (χ4n) is 5.67. The number of unbranched alkanes of at least 4 members (excludes halogenated alkanes) is 29. The van der Waals surface area contributed by atoms with Crippen LogP contribution in [0.15, 0.2) is 11.6 Å². The highest BCUT2D eigenvalue weighted by Gasteiger charge is 2.05. The van der Waals surface area contributed by atoms with Crippen LogP contribution in [0, 0.1) is 0 Å². The first kappa shape index (κ1) is 39.2. The van der Waals surface area contributed by atoms with Crippen LogP contribution in [0.4, 0.5) is 0 Å². The second-order valence-corrected chi connectivity index (χ2v) is 12.7. The number of allylic oxidation sites excluding steroid dienone is 1. The van der Waals surface area contributed by atoms with Gasteiger partial charge >= 0.3 is 5.97 Å². The predicted molar refractivity (Wildman–Crippen MR) is 179 cm³/mol. The van der Waals surface area contributed by atoms with Gasteiger partial charge in [-0.2, -0.15) is 0 Å². The van der Waals surface area contributed by atoms with Gasteiger partial charge in [-0.25, -0.2) is 4.79 Å². The van der Waals surface area contributed by atoms with Crippen molar-refractivity contribution < 1.29 is 9.53 Å². The summed E-state index contributed by atoms with van der Waals surface area (Å²) in [5, 5.41) is 0. The van der Waals surface area contributed by atoms with Crippen molar-refractivity contribution in [1.82, 2.24) is 0 Å². The molecule has 0 aromatic rings. The van der Waals surface area contributed by atoms with Gasteiger partial charge in [0.05, 0.1) is 6.61 Å². The smallest absolute Gasteiger partial charge is 0.333 e. The Kier molecular flexibility index (Phi) is 33.7. The number of hydrogen-bond donors (Lipinski definition) is 0. The van der Waals surface area contributed by atoms with Crippen LogP contribution in [-0.4, -0.2) is 12.6 Å². The van der Waals surface area contributed by atoms with Gasteiger partial charge in [0.2, 0.25) is 0 Å². The number of rotatable bonds is 33. The molecule has 0 bridgehead atoms. The SMILES string of the molecule is CCCCCCCCCCCCCCCCCCC=C(C)C(=O)OCCCCCCCCCCCCCCCC. The van der Waals surface area contributed by atoms with E-state index in [0.717, 1.165) is 18.4 Å². The van der Waals surface area contributed by atoms with E-state index in [4.69, 9.17) is 4.74 Å². The molecule has 0 saturated heterocycles. The van der Waals surface area contributed by atoms with Crippen molar-refractivity contribution in [1.29, 1.82) is 0 Å². The molecule has 0 rings (SSSR count). The Bertz CT molecular complexity index is 524. The van der Waals surface area contributed by atoms with E-state index in [1.54, 1.807) is 0 Å². The molecule has 0 saturated carbocycles. The minimum absolute atomic E-state index is 0.105. The second-order valence-electron chi connectivity index (χ2n) is 12.7. The Balaban J connectivity index is 3.34. The summed E-state index contributed by atoms with van der Waals surface area (Å²) in [6.45, 7) is 7.08. The largest absolute Gasteiger partial charge is 0.462 e. The molecule has 238 valence electrons. The summed E-state index contributed by atoms with van der Waals surface area (Å²) in [5.41, 5.74) is 0.798. The lowest BCUT2D eigenvalue weighted by Gasteiger charge is -2.06. The van der Waals surface area contributed by atoms with E-state index < -0.39 is 0 Å². The lowest BCUT2D eigenvalue weighted by atomic mass is 10.0. The van der Waals surface area contributed by atoms with E-state index in [-0.39, 0.29) is 5.97 Å². The molecule has 0 atom stereocenters. The molecule has 0 aliphatic carbocycles. The molecule has 0 aromatic carbocycles. The van der Waals surface area contributed by atoms with Gasteiger partial charge in [-0.3, -0.25) is 0 Å². The molecule has 0 aliphatic rings. The first-order valence-electron chi connectivity index (χ1n) is 18.6. The number of ether oxygens (including phenoxy) is 1. The van der Waals surface area contributed by atoms with Gasteiger partial charge in [-0.1, -0.05) is 200 Å². The lowest BCUT2D eigenvalue weighted by molar-refractivity contribution is -0.139. The molecule has 2 heteroatoms. The van der Waals surface area contributed by atoms with Crippen molar-refractivity contribution in [3.05, 3.63) is 11.6 Å². The highest BCUT2D eigenvalue weighted by atomic mass is 16.5. The predicted octanol–water partition coefficient (Wildman–Crippen LogP) is 13.6. The zero-order chi connectivity index (χ0) is 29.2. The molecule has 0 radical (unpaired) electrons. The molecule has 0 fully saturated rings. The van der Waals surface area contributed by atoms with Gasteiger partial charge in [0.1, 0.15) is 0 Å². The van der Waals surface area contributed by atoms with Crippen LogP contribution >= 0.6 is 0 Å². The molecule has 0 N–H and O–H groups in total. The van der Waals surface area contributed by atoms with Crippen LogP contribution in [0.3, 0.4) is 0 Å². The monoisotopic (exact) mass is 563 g/mol. The molecule has 2 nitrogen and oxygen atoms in total. The van der Waals surface area contributed by atoms with Crippen molar-refractivity contribution in [2.75, 3.05) is 6.61 Å². The number of carbonyl (C=O) groups excluding carboxylic acids is 1. The van der Waals surface area contributed by atoms with Crippen LogP contribution in [0.2, 0.25) is 0 Å². The molecule has 0 aromatic heterocycles. The highest BCUT2D eigenvalue weighted by Crippen LogP contribution is 2.15. The van der Waals surface area contributed by atoms with Crippen molar-refractivity contribution in [3.8, 4) is 0 Å². The summed E-state index contributed by atoms with van der Waals surface area (Å²) < 4.78 is 5.49. The summed E-state index contributed by atoms with van der Waals surface area (Å²) in [6.07, 6.45) is 44.4. The third-order valence-corrected chi connectivity index (χ3v) is 8.56. The topological polar surface area (TPSA) is 26.3 Å². The van der Waals surface area contributed by atoms with Crippen molar-refractivity contribution in [3.63, 3.8) is 0 Å². The van der Waals surface area contributed by atoms with E-state index >= 15 is 0 Å². The third-order valence-electron chi connectivity index (χ3n) is 8.56. The molecule has 0 aliphatic heterocycles. The average molecular weight is 563 g/mol. The van der Waals surface area contributed by atoms with E-state index in [1.165, 1.54) is 186 Å². The average Bonchev–Trinajstić information content (AvgIpc) is 2.96. The van der Waals surface area contributed by atoms with Crippen LogP contribution in [0.25, 0.3) is 0 Å². The van der Waals surface area contributed by atoms with Gasteiger partial charge in [0, 0.05) is 5.57 Å². The third kappa shape index (κ3) is 31.7. The molecule has 0 unspecified atom stereocenters. The lowest BCUT2D eigenvalue weighted by Crippen LogP contribution is -2.07. The minimum atomic E-state index is -0.105. The first-order chi connectivity index (χ1) is 19.7. The van der Waals surface area contributed by atoms with Gasteiger partial charge < -0.3 is 4.74 Å². The Morgan fingerprint density at radius 2 is 0.700 bits per heavy atom. The maximum absolute atomic E-state index is 12.2. The van der Waals surface area contributed by atoms with E-state index in [1.807, 2.05) is 6.92 Å². The van der Waals surface area contributed by atoms with Crippen molar-refractivity contribution in [2.24, 2.45) is 0 Å². The van der Waals surface area contributed by atoms with Crippen molar-refractivity contribution >= 4 is 5.97 Å². The van der Waals surface area contributed by atoms with Crippen LogP contribution in [0.5, 0.6) is 0 Å². The number of carbonyl (C=O) groups is 1. The quantitative estimate of drug-likeness (QED) is 0.0451. The molecule has 40 heavy (non-hydrogen) atoms. The van der Waals surface area contributed by atoms with Gasteiger partial charge in [0.15, 0.2) is 0 Å². The van der Waals surface area contributed by atoms with Gasteiger partial charge in [0.25, 0.3) is 0 Å². The molecule has 0 spiro atoms. The Morgan fingerprint density at radius 1 is 0.425 bits per heavy atom. The normalized spacial score (nSPS) is 11.8. The second kappa shape index (κ2) is 34.4. The molecular formula is C38H74O2. The van der Waals surface area contributed by atoms with Gasteiger partial charge in [-0.05, 0) is 26.2 Å². The van der Waals surface area contributed by atoms with Gasteiger partial charge in [-0.15, -0.1) is 0 Å². The fourth-order valence-corrected chi connectivity index (χ4v) is 5.67. The van der Waals surface area contributed by atoms with Crippen LogP contribution in [0.1, 0.15) is 220 Å². The number of esters is 1. The summed E-state index contributed by atoms with van der Waals surface area (Å²) >= 11 is 0. The summed E-state index contributed by atoms with van der Waals surface area (Å²) in [7, 11) is 0. The van der Waals surface area contributed by atoms with Crippen molar-refractivity contribution in [2.45, 2.75) is 220 Å². The molecule has 0 heterocycles. The Labute approximate surface area is 253 Å². The minimum Gasteiger partial charge on any atom is -0.462 e. The highest BCUT2D eigenvalue weighted by molar-refractivity contribution is 5.87. The van der Waals surface area contributed by atoms with E-state index in [0.29, 0.717) is 6.61 Å². The Hall–Kier alpha value is -0.790. The molecule has 0 amide bonds. The van der Waals surface area contributed by atoms with E-state index in [2.05, 4.69) is 19.9 Å². The Morgan fingerprint density at radius 3 is 1.02 bits per heavy atom. The fraction of sp³-hybridized carbons (Fsp3) is 0.921. The summed E-state index contributed by atoms with van der Waals surface area (Å²) in [6, 6.07) is 0. The summed E-state index contributed by atoms with van der Waals surface area (Å²) in [5.74, 6) is -0.105. The van der Waals surface area contributed by atoms with Crippen LogP contribution < -0.4 is 0 Å². The number of hydrogen-bond acceptors (Lipinski definition) is 2. The summed E-state index contributed by atoms with van der Waals surface area (Å²) in [4.78, 5) is 12.2. The zero-order valence-electron chi connectivity index (χ0n) is 28.0. The maximum Gasteiger partial charge on any atom is 0.333 e. The van der Waals surface area contributed by atoms with Crippen LogP contribution in [-0.2, 0) is 9.53 Å². The maximum atomic E-state index is 12.2.